The van der Waals surface area contributed by atoms with Gasteiger partial charge >= 0.3 is 0 Å². The second-order valence-electron chi connectivity index (χ2n) is 6.21. The van der Waals surface area contributed by atoms with Crippen LogP contribution in [0.3, 0.4) is 0 Å². The third kappa shape index (κ3) is 2.30. The lowest BCUT2D eigenvalue weighted by Gasteiger charge is -2.39. The second-order valence-corrected chi connectivity index (χ2v) is 6.21. The Kier molecular flexibility index (Phi) is 3.68. The van der Waals surface area contributed by atoms with Gasteiger partial charge in [-0.25, -0.2) is 0 Å². The molecule has 108 valence electrons. The smallest absolute Gasteiger partial charge is 0.256 e. The molecule has 3 heteroatoms. The molecule has 0 aromatic heterocycles. The number of fused-ring (bicyclic) bond motifs is 1. The summed E-state index contributed by atoms with van der Waals surface area (Å²) in [5.41, 5.74) is 3.23. The zero-order valence-corrected chi connectivity index (χ0v) is 12.5. The molecule has 0 bridgehead atoms. The molecule has 0 unspecified atom stereocenters. The van der Waals surface area contributed by atoms with Crippen LogP contribution >= 0.6 is 0 Å². The molecule has 2 atom stereocenters. The van der Waals surface area contributed by atoms with Crippen LogP contribution in [0.15, 0.2) is 18.2 Å². The van der Waals surface area contributed by atoms with Gasteiger partial charge in [-0.3, -0.25) is 4.79 Å². The molecule has 3 rings (SSSR count). The highest BCUT2D eigenvalue weighted by Crippen LogP contribution is 2.30. The number of carbonyl (C=O) groups is 1. The van der Waals surface area contributed by atoms with Crippen LogP contribution in [-0.4, -0.2) is 29.4 Å². The maximum absolute atomic E-state index is 13.0. The number of anilines is 1. The molecule has 2 aliphatic rings. The Balaban J connectivity index is 1.94. The van der Waals surface area contributed by atoms with Gasteiger partial charge in [-0.15, -0.1) is 0 Å². The van der Waals surface area contributed by atoms with E-state index in [1.165, 1.54) is 12.0 Å². The third-order valence-electron chi connectivity index (χ3n) is 4.73. The quantitative estimate of drug-likeness (QED) is 0.849. The van der Waals surface area contributed by atoms with Gasteiger partial charge in [0.15, 0.2) is 0 Å². The standard InChI is InChI=1S/C17H24N2O/c1-12-6-3-7-13(2)19(12)17(20)15-10-4-8-14-9-5-11-18-16(14)15/h4,8,10,12-13,18H,3,5-7,9,11H2,1-2H3/t12-,13+. The van der Waals surface area contributed by atoms with Crippen LogP contribution in [0.4, 0.5) is 5.69 Å². The molecule has 1 amide bonds. The van der Waals surface area contributed by atoms with Crippen LogP contribution < -0.4 is 5.32 Å². The number of nitrogens with zero attached hydrogens (tertiary/aromatic N) is 1. The number of hydrogen-bond donors (Lipinski definition) is 1. The molecular weight excluding hydrogens is 248 g/mol. The largest absolute Gasteiger partial charge is 0.384 e. The van der Waals surface area contributed by atoms with Crippen LogP contribution in [0.25, 0.3) is 0 Å². The highest BCUT2D eigenvalue weighted by Gasteiger charge is 2.31. The Morgan fingerprint density at radius 1 is 1.20 bits per heavy atom. The molecule has 0 saturated carbocycles. The van der Waals surface area contributed by atoms with Crippen molar-refractivity contribution < 1.29 is 4.79 Å². The van der Waals surface area contributed by atoms with Crippen molar-refractivity contribution in [2.24, 2.45) is 0 Å². The number of para-hydroxylation sites is 1. The van der Waals surface area contributed by atoms with Crippen molar-refractivity contribution >= 4 is 11.6 Å². The lowest BCUT2D eigenvalue weighted by Crippen LogP contribution is -2.47. The maximum Gasteiger partial charge on any atom is 0.256 e. The fourth-order valence-electron chi connectivity index (χ4n) is 3.65. The summed E-state index contributed by atoms with van der Waals surface area (Å²) >= 11 is 0. The fraction of sp³-hybridized carbons (Fsp3) is 0.588. The molecule has 2 aliphatic heterocycles. The van der Waals surface area contributed by atoms with Crippen LogP contribution in [0, 0.1) is 0 Å². The summed E-state index contributed by atoms with van der Waals surface area (Å²) < 4.78 is 0. The first-order chi connectivity index (χ1) is 9.68. The highest BCUT2D eigenvalue weighted by atomic mass is 16.2. The van der Waals surface area contributed by atoms with Gasteiger partial charge in [0.1, 0.15) is 0 Å². The van der Waals surface area contributed by atoms with Crippen molar-refractivity contribution in [3.8, 4) is 0 Å². The summed E-state index contributed by atoms with van der Waals surface area (Å²) in [6.07, 6.45) is 5.71. The van der Waals surface area contributed by atoms with Crippen LogP contribution in [0.1, 0.15) is 55.5 Å². The van der Waals surface area contributed by atoms with Gasteiger partial charge in [-0.05, 0) is 57.6 Å². The number of likely N-dealkylation sites (tertiary alicyclic amines) is 1. The van der Waals surface area contributed by atoms with Gasteiger partial charge in [0.25, 0.3) is 5.91 Å². The van der Waals surface area contributed by atoms with Crippen molar-refractivity contribution in [3.63, 3.8) is 0 Å². The van der Waals surface area contributed by atoms with E-state index in [0.29, 0.717) is 12.1 Å². The summed E-state index contributed by atoms with van der Waals surface area (Å²) in [7, 11) is 0. The first-order valence-corrected chi connectivity index (χ1v) is 7.87. The van der Waals surface area contributed by atoms with E-state index < -0.39 is 0 Å². The summed E-state index contributed by atoms with van der Waals surface area (Å²) in [5, 5.41) is 3.43. The molecule has 1 saturated heterocycles. The van der Waals surface area contributed by atoms with Gasteiger partial charge in [-0.2, -0.15) is 0 Å². The summed E-state index contributed by atoms with van der Waals surface area (Å²) in [5.74, 6) is 0.205. The summed E-state index contributed by atoms with van der Waals surface area (Å²) in [6, 6.07) is 6.85. The van der Waals surface area contributed by atoms with Crippen molar-refractivity contribution in [2.75, 3.05) is 11.9 Å². The number of benzene rings is 1. The van der Waals surface area contributed by atoms with Crippen molar-refractivity contribution in [2.45, 2.75) is 58.0 Å². The van der Waals surface area contributed by atoms with Crippen molar-refractivity contribution in [3.05, 3.63) is 29.3 Å². The van der Waals surface area contributed by atoms with Crippen molar-refractivity contribution in [1.82, 2.24) is 4.90 Å². The van der Waals surface area contributed by atoms with E-state index in [1.54, 1.807) is 0 Å². The highest BCUT2D eigenvalue weighted by molar-refractivity contribution is 6.00. The molecule has 3 nitrogen and oxygen atoms in total. The molecular formula is C17H24N2O. The van der Waals surface area contributed by atoms with Crippen LogP contribution in [0.5, 0.6) is 0 Å². The minimum Gasteiger partial charge on any atom is -0.384 e. The second kappa shape index (κ2) is 5.47. The predicted octanol–water partition coefficient (Wildman–Crippen LogP) is 3.45. The number of piperidine rings is 1. The Bertz CT molecular complexity index is 502. The minimum absolute atomic E-state index is 0.205. The Morgan fingerprint density at radius 3 is 2.70 bits per heavy atom. The molecule has 1 fully saturated rings. The Hall–Kier alpha value is -1.51. The van der Waals surface area contributed by atoms with E-state index in [4.69, 9.17) is 0 Å². The molecule has 1 aromatic rings. The molecule has 0 spiro atoms. The van der Waals surface area contributed by atoms with Crippen LogP contribution in [-0.2, 0) is 6.42 Å². The normalized spacial score (nSPS) is 25.8. The molecule has 1 aromatic carbocycles. The first-order valence-electron chi connectivity index (χ1n) is 7.87. The lowest BCUT2D eigenvalue weighted by molar-refractivity contribution is 0.0511. The molecule has 0 aliphatic carbocycles. The lowest BCUT2D eigenvalue weighted by atomic mass is 9.94. The van der Waals surface area contributed by atoms with E-state index in [9.17, 15) is 4.79 Å². The van der Waals surface area contributed by atoms with Gasteiger partial charge in [0.05, 0.1) is 11.3 Å². The average molecular weight is 272 g/mol. The number of nitrogens with one attached hydrogen (secondary N) is 1. The number of rotatable bonds is 1. The summed E-state index contributed by atoms with van der Waals surface area (Å²) in [4.78, 5) is 15.1. The Labute approximate surface area is 121 Å². The van der Waals surface area contributed by atoms with Crippen LogP contribution in [0.2, 0.25) is 0 Å². The van der Waals surface area contributed by atoms with Gasteiger partial charge in [0, 0.05) is 18.6 Å². The number of hydrogen-bond acceptors (Lipinski definition) is 2. The average Bonchev–Trinajstić information content (AvgIpc) is 2.46. The molecule has 0 radical (unpaired) electrons. The number of aryl methyl sites for hydroxylation is 1. The van der Waals surface area contributed by atoms with E-state index >= 15 is 0 Å². The van der Waals surface area contributed by atoms with Gasteiger partial charge in [0.2, 0.25) is 0 Å². The number of carbonyl (C=O) groups excluding carboxylic acids is 1. The molecule has 2 heterocycles. The fourth-order valence-corrected chi connectivity index (χ4v) is 3.65. The topological polar surface area (TPSA) is 32.3 Å². The SMILES string of the molecule is C[C@@H]1CCC[C@H](C)N1C(=O)c1cccc2c1NCCC2. The minimum atomic E-state index is 0.205. The predicted molar refractivity (Wildman–Crippen MR) is 82.2 cm³/mol. The monoisotopic (exact) mass is 272 g/mol. The van der Waals surface area contributed by atoms with Gasteiger partial charge < -0.3 is 10.2 Å². The zero-order valence-electron chi connectivity index (χ0n) is 12.5. The number of amides is 1. The maximum atomic E-state index is 13.0. The summed E-state index contributed by atoms with van der Waals surface area (Å²) in [6.45, 7) is 5.33. The van der Waals surface area contributed by atoms with E-state index in [1.807, 2.05) is 12.1 Å². The molecule has 1 N–H and O–H groups in total. The van der Waals surface area contributed by atoms with Gasteiger partial charge in [-0.1, -0.05) is 12.1 Å². The first kappa shape index (κ1) is 13.5. The zero-order chi connectivity index (χ0) is 14.1. The van der Waals surface area contributed by atoms with E-state index in [2.05, 4.69) is 30.1 Å². The van der Waals surface area contributed by atoms with E-state index in [0.717, 1.165) is 43.5 Å². The Morgan fingerprint density at radius 2 is 1.95 bits per heavy atom. The third-order valence-corrected chi connectivity index (χ3v) is 4.73. The van der Waals surface area contributed by atoms with E-state index in [-0.39, 0.29) is 5.91 Å². The molecule has 20 heavy (non-hydrogen) atoms. The van der Waals surface area contributed by atoms with Crippen molar-refractivity contribution in [1.29, 1.82) is 0 Å².